The lowest BCUT2D eigenvalue weighted by Gasteiger charge is -2.11. The highest BCUT2D eigenvalue weighted by Crippen LogP contribution is 2.30. The van der Waals surface area contributed by atoms with E-state index in [0.717, 1.165) is 18.2 Å². The number of benzene rings is 2. The van der Waals surface area contributed by atoms with Crippen LogP contribution in [0.1, 0.15) is 26.3 Å². The van der Waals surface area contributed by atoms with Crippen molar-refractivity contribution in [2.75, 3.05) is 10.6 Å². The molecule has 0 unspecified atom stereocenters. The number of aromatic nitrogens is 1. The molecule has 1 heterocycles. The number of anilines is 2. The first-order chi connectivity index (χ1) is 13.2. The minimum absolute atomic E-state index is 0.0944. The summed E-state index contributed by atoms with van der Waals surface area (Å²) >= 11 is 7.26. The number of carbonyl (C=O) groups excluding carboxylic acids is 2. The summed E-state index contributed by atoms with van der Waals surface area (Å²) < 4.78 is 38.4. The zero-order valence-corrected chi connectivity index (χ0v) is 15.5. The Morgan fingerprint density at radius 3 is 2.50 bits per heavy atom. The number of carbonyl (C=O) groups is 2. The maximum Gasteiger partial charge on any atom is 0.416 e. The van der Waals surface area contributed by atoms with Crippen molar-refractivity contribution in [2.24, 2.45) is 0 Å². The third kappa shape index (κ3) is 4.68. The smallest absolute Gasteiger partial charge is 0.322 e. The summed E-state index contributed by atoms with van der Waals surface area (Å²) in [5, 5.41) is 5.74. The standard InChI is InChI=1S/C18H11ClF3N3O2S/c19-14-5-4-12(7-13(14)17(27)25-15-8-23-9-28-15)24-16(26)10-2-1-3-11(6-10)18(20,21)22/h1-9H,(H,24,26)(H,25,27). The van der Waals surface area contributed by atoms with Crippen molar-refractivity contribution >= 4 is 45.4 Å². The van der Waals surface area contributed by atoms with Crippen LogP contribution in [-0.2, 0) is 6.18 Å². The largest absolute Gasteiger partial charge is 0.416 e. The molecule has 0 aliphatic carbocycles. The molecule has 0 fully saturated rings. The summed E-state index contributed by atoms with van der Waals surface area (Å²) in [7, 11) is 0. The Bertz CT molecular complexity index is 1020. The Hall–Kier alpha value is -2.91. The predicted octanol–water partition coefficient (Wildman–Crippen LogP) is 5.32. The molecular formula is C18H11ClF3N3O2S. The summed E-state index contributed by atoms with van der Waals surface area (Å²) in [5.74, 6) is -1.26. The van der Waals surface area contributed by atoms with Crippen molar-refractivity contribution in [3.63, 3.8) is 0 Å². The van der Waals surface area contributed by atoms with Gasteiger partial charge in [-0.3, -0.25) is 14.6 Å². The van der Waals surface area contributed by atoms with E-state index in [-0.39, 0.29) is 21.8 Å². The van der Waals surface area contributed by atoms with Crippen molar-refractivity contribution < 1.29 is 22.8 Å². The van der Waals surface area contributed by atoms with Gasteiger partial charge in [0.05, 0.1) is 27.9 Å². The molecule has 2 aromatic carbocycles. The molecule has 3 aromatic rings. The minimum Gasteiger partial charge on any atom is -0.322 e. The van der Waals surface area contributed by atoms with Gasteiger partial charge in [-0.05, 0) is 36.4 Å². The van der Waals surface area contributed by atoms with Gasteiger partial charge in [-0.15, -0.1) is 11.3 Å². The third-order valence-corrected chi connectivity index (χ3v) is 4.61. The van der Waals surface area contributed by atoms with Crippen molar-refractivity contribution in [1.82, 2.24) is 4.98 Å². The maximum atomic E-state index is 12.8. The van der Waals surface area contributed by atoms with Crippen LogP contribution in [0.2, 0.25) is 5.02 Å². The number of alkyl halides is 3. The fourth-order valence-electron chi connectivity index (χ4n) is 2.27. The molecule has 0 saturated carbocycles. The maximum absolute atomic E-state index is 12.8. The molecular weight excluding hydrogens is 415 g/mol. The SMILES string of the molecule is O=C(Nc1ccc(Cl)c(C(=O)Nc2cncs2)c1)c1cccc(C(F)(F)F)c1. The lowest BCUT2D eigenvalue weighted by Crippen LogP contribution is -2.15. The Kier molecular flexibility index (Phi) is 5.66. The van der Waals surface area contributed by atoms with E-state index in [1.807, 2.05) is 0 Å². The quantitative estimate of drug-likeness (QED) is 0.594. The highest BCUT2D eigenvalue weighted by molar-refractivity contribution is 7.14. The number of rotatable bonds is 4. The first-order valence-electron chi connectivity index (χ1n) is 7.72. The summed E-state index contributed by atoms with van der Waals surface area (Å²) in [6.07, 6.45) is -3.09. The topological polar surface area (TPSA) is 71.1 Å². The number of amides is 2. The van der Waals surface area contributed by atoms with Gasteiger partial charge in [-0.1, -0.05) is 17.7 Å². The van der Waals surface area contributed by atoms with Crippen LogP contribution in [0.15, 0.2) is 54.2 Å². The van der Waals surface area contributed by atoms with E-state index in [9.17, 15) is 22.8 Å². The lowest BCUT2D eigenvalue weighted by molar-refractivity contribution is -0.137. The molecule has 0 spiro atoms. The highest BCUT2D eigenvalue weighted by Gasteiger charge is 2.30. The molecule has 5 nitrogen and oxygen atoms in total. The molecule has 2 amide bonds. The van der Waals surface area contributed by atoms with E-state index in [0.29, 0.717) is 5.00 Å². The van der Waals surface area contributed by atoms with Crippen LogP contribution in [0.4, 0.5) is 23.9 Å². The van der Waals surface area contributed by atoms with Gasteiger partial charge in [-0.2, -0.15) is 13.2 Å². The molecule has 2 N–H and O–H groups in total. The van der Waals surface area contributed by atoms with E-state index in [1.54, 1.807) is 5.51 Å². The molecule has 0 aliphatic heterocycles. The first-order valence-corrected chi connectivity index (χ1v) is 8.98. The number of nitrogens with one attached hydrogen (secondary N) is 2. The third-order valence-electron chi connectivity index (χ3n) is 3.59. The van der Waals surface area contributed by atoms with Gasteiger partial charge < -0.3 is 10.6 Å². The Morgan fingerprint density at radius 1 is 1.04 bits per heavy atom. The Labute approximate surface area is 166 Å². The summed E-state index contributed by atoms with van der Waals surface area (Å²) in [5.41, 5.74) is 0.752. The first kappa shape index (κ1) is 19.8. The van der Waals surface area contributed by atoms with E-state index in [1.165, 1.54) is 41.8 Å². The van der Waals surface area contributed by atoms with Gasteiger partial charge >= 0.3 is 6.18 Å². The van der Waals surface area contributed by atoms with E-state index >= 15 is 0 Å². The van der Waals surface area contributed by atoms with E-state index in [2.05, 4.69) is 15.6 Å². The number of nitrogens with zero attached hydrogens (tertiary/aromatic N) is 1. The second-order valence-corrected chi connectivity index (χ2v) is 6.84. The molecule has 144 valence electrons. The zero-order valence-electron chi connectivity index (χ0n) is 13.9. The average Bonchev–Trinajstić information content (AvgIpc) is 3.15. The van der Waals surface area contributed by atoms with Crippen LogP contribution >= 0.6 is 22.9 Å². The van der Waals surface area contributed by atoms with Crippen molar-refractivity contribution in [2.45, 2.75) is 6.18 Å². The van der Waals surface area contributed by atoms with Crippen molar-refractivity contribution in [3.05, 3.63) is 75.9 Å². The second kappa shape index (κ2) is 7.99. The highest BCUT2D eigenvalue weighted by atomic mass is 35.5. The van der Waals surface area contributed by atoms with Gasteiger partial charge in [0.1, 0.15) is 5.00 Å². The fraction of sp³-hybridized carbons (Fsp3) is 0.0556. The van der Waals surface area contributed by atoms with Crippen LogP contribution in [0, 0.1) is 0 Å². The summed E-state index contributed by atoms with van der Waals surface area (Å²) in [6, 6.07) is 8.22. The molecule has 28 heavy (non-hydrogen) atoms. The molecule has 0 aliphatic rings. The molecule has 0 atom stereocenters. The molecule has 0 bridgehead atoms. The van der Waals surface area contributed by atoms with Gasteiger partial charge in [0.15, 0.2) is 0 Å². The molecule has 0 radical (unpaired) electrons. The van der Waals surface area contributed by atoms with E-state index < -0.39 is 23.6 Å². The lowest BCUT2D eigenvalue weighted by atomic mass is 10.1. The summed E-state index contributed by atoms with van der Waals surface area (Å²) in [4.78, 5) is 28.5. The van der Waals surface area contributed by atoms with Gasteiger partial charge in [0, 0.05) is 11.3 Å². The molecule has 3 rings (SSSR count). The molecule has 0 saturated heterocycles. The molecule has 1 aromatic heterocycles. The van der Waals surface area contributed by atoms with Gasteiger partial charge in [0.25, 0.3) is 11.8 Å². The fourth-order valence-corrected chi connectivity index (χ4v) is 2.99. The van der Waals surface area contributed by atoms with Crippen molar-refractivity contribution in [1.29, 1.82) is 0 Å². The second-order valence-electron chi connectivity index (χ2n) is 5.55. The van der Waals surface area contributed by atoms with Gasteiger partial charge in [0.2, 0.25) is 0 Å². The van der Waals surface area contributed by atoms with Crippen LogP contribution in [0.25, 0.3) is 0 Å². The van der Waals surface area contributed by atoms with Crippen LogP contribution < -0.4 is 10.6 Å². The number of hydrogen-bond acceptors (Lipinski definition) is 4. The van der Waals surface area contributed by atoms with Crippen LogP contribution in [0.3, 0.4) is 0 Å². The van der Waals surface area contributed by atoms with E-state index in [4.69, 9.17) is 11.6 Å². The van der Waals surface area contributed by atoms with Crippen molar-refractivity contribution in [3.8, 4) is 0 Å². The number of hydrogen-bond donors (Lipinski definition) is 2. The Balaban J connectivity index is 1.79. The molecule has 10 heteroatoms. The Morgan fingerprint density at radius 2 is 1.82 bits per heavy atom. The zero-order chi connectivity index (χ0) is 20.3. The normalized spacial score (nSPS) is 11.1. The number of halogens is 4. The number of thiazole rings is 1. The predicted molar refractivity (Wildman–Crippen MR) is 101 cm³/mol. The average molecular weight is 426 g/mol. The monoisotopic (exact) mass is 425 g/mol. The van der Waals surface area contributed by atoms with Crippen LogP contribution in [0.5, 0.6) is 0 Å². The van der Waals surface area contributed by atoms with Gasteiger partial charge in [-0.25, -0.2) is 0 Å². The summed E-state index contributed by atoms with van der Waals surface area (Å²) in [6.45, 7) is 0. The minimum atomic E-state index is -4.56. The van der Waals surface area contributed by atoms with Crippen LogP contribution in [-0.4, -0.2) is 16.8 Å².